The first-order chi connectivity index (χ1) is 8.78. The van der Waals surface area contributed by atoms with Crippen LogP contribution in [0.15, 0.2) is 0 Å². The van der Waals surface area contributed by atoms with Crippen molar-refractivity contribution in [3.63, 3.8) is 0 Å². The Hall–Kier alpha value is -0.170. The Morgan fingerprint density at radius 1 is 1.26 bits per heavy atom. The van der Waals surface area contributed by atoms with Crippen LogP contribution in [0.4, 0.5) is 0 Å². The third kappa shape index (κ3) is 5.38. The van der Waals surface area contributed by atoms with Crippen LogP contribution in [0.5, 0.6) is 0 Å². The van der Waals surface area contributed by atoms with Gasteiger partial charge in [-0.2, -0.15) is 12.7 Å². The molecule has 19 heavy (non-hydrogen) atoms. The zero-order valence-corrected chi connectivity index (χ0v) is 13.2. The number of aliphatic hydroxyl groups is 1. The molecule has 1 saturated carbocycles. The van der Waals surface area contributed by atoms with Gasteiger partial charge >= 0.3 is 0 Å². The average Bonchev–Trinajstić information content (AvgIpc) is 2.37. The van der Waals surface area contributed by atoms with E-state index in [-0.39, 0.29) is 18.1 Å². The van der Waals surface area contributed by atoms with E-state index in [1.807, 2.05) is 13.8 Å². The van der Waals surface area contributed by atoms with Crippen molar-refractivity contribution in [1.29, 1.82) is 0 Å². The Kier molecular flexibility index (Phi) is 6.23. The molecule has 1 rings (SSSR count). The van der Waals surface area contributed by atoms with Gasteiger partial charge in [0.15, 0.2) is 0 Å². The van der Waals surface area contributed by atoms with Gasteiger partial charge < -0.3 is 5.11 Å². The van der Waals surface area contributed by atoms with Crippen LogP contribution in [-0.4, -0.2) is 44.1 Å². The van der Waals surface area contributed by atoms with Gasteiger partial charge in [0.05, 0.1) is 0 Å². The topological polar surface area (TPSA) is 69.6 Å². The number of nitrogens with zero attached hydrogens (tertiary/aromatic N) is 1. The molecule has 0 atom stereocenters. The fourth-order valence-corrected chi connectivity index (χ4v) is 3.80. The molecule has 0 aromatic heterocycles. The van der Waals surface area contributed by atoms with Gasteiger partial charge in [0.1, 0.15) is 0 Å². The molecule has 0 heterocycles. The Labute approximate surface area is 117 Å². The summed E-state index contributed by atoms with van der Waals surface area (Å²) in [7, 11) is -1.75. The lowest BCUT2D eigenvalue weighted by atomic mass is 9.90. The maximum atomic E-state index is 12.2. The van der Waals surface area contributed by atoms with Crippen LogP contribution in [0.3, 0.4) is 0 Å². The van der Waals surface area contributed by atoms with Crippen molar-refractivity contribution in [2.24, 2.45) is 5.41 Å². The third-order valence-corrected chi connectivity index (χ3v) is 5.56. The predicted molar refractivity (Wildman–Crippen MR) is 77.0 cm³/mol. The summed E-state index contributed by atoms with van der Waals surface area (Å²) in [5, 5.41) is 8.96. The summed E-state index contributed by atoms with van der Waals surface area (Å²) < 4.78 is 28.6. The summed E-state index contributed by atoms with van der Waals surface area (Å²) in [6.45, 7) is 4.33. The summed E-state index contributed by atoms with van der Waals surface area (Å²) in [6.07, 6.45) is 5.93. The van der Waals surface area contributed by atoms with Gasteiger partial charge in [-0.15, -0.1) is 0 Å². The van der Waals surface area contributed by atoms with Gasteiger partial charge in [0.2, 0.25) is 0 Å². The molecule has 0 saturated heterocycles. The lowest BCUT2D eigenvalue weighted by Crippen LogP contribution is -2.47. The Balaban J connectivity index is 2.54. The van der Waals surface area contributed by atoms with E-state index in [9.17, 15) is 8.42 Å². The van der Waals surface area contributed by atoms with Crippen molar-refractivity contribution in [2.45, 2.75) is 58.4 Å². The molecule has 0 bridgehead atoms. The second-order valence-electron chi connectivity index (χ2n) is 6.27. The van der Waals surface area contributed by atoms with Gasteiger partial charge in [-0.05, 0) is 24.7 Å². The lowest BCUT2D eigenvalue weighted by Gasteiger charge is -2.32. The van der Waals surface area contributed by atoms with Crippen LogP contribution in [-0.2, 0) is 10.2 Å². The van der Waals surface area contributed by atoms with Gasteiger partial charge in [-0.1, -0.05) is 33.1 Å². The zero-order valence-electron chi connectivity index (χ0n) is 12.4. The number of aliphatic hydroxyl groups excluding tert-OH is 1. The highest BCUT2D eigenvalue weighted by Crippen LogP contribution is 2.24. The van der Waals surface area contributed by atoms with Crippen LogP contribution in [0, 0.1) is 5.41 Å². The fourth-order valence-electron chi connectivity index (χ4n) is 2.42. The van der Waals surface area contributed by atoms with E-state index in [0.717, 1.165) is 25.7 Å². The van der Waals surface area contributed by atoms with Gasteiger partial charge in [-0.3, -0.25) is 0 Å². The highest BCUT2D eigenvalue weighted by molar-refractivity contribution is 7.87. The van der Waals surface area contributed by atoms with Crippen molar-refractivity contribution in [2.75, 3.05) is 20.2 Å². The molecule has 2 N–H and O–H groups in total. The minimum atomic E-state index is -3.41. The van der Waals surface area contributed by atoms with E-state index < -0.39 is 10.2 Å². The molecular formula is C13H28N2O3S. The molecule has 1 aliphatic rings. The Morgan fingerprint density at radius 3 is 2.37 bits per heavy atom. The van der Waals surface area contributed by atoms with Crippen molar-refractivity contribution < 1.29 is 13.5 Å². The highest BCUT2D eigenvalue weighted by Gasteiger charge is 2.29. The second kappa shape index (κ2) is 7.02. The molecule has 114 valence electrons. The van der Waals surface area contributed by atoms with Crippen LogP contribution in [0.1, 0.15) is 52.4 Å². The van der Waals surface area contributed by atoms with Crippen LogP contribution >= 0.6 is 0 Å². The molecule has 0 amide bonds. The molecule has 6 heteroatoms. The first-order valence-corrected chi connectivity index (χ1v) is 8.56. The summed E-state index contributed by atoms with van der Waals surface area (Å²) in [4.78, 5) is 0. The summed E-state index contributed by atoms with van der Waals surface area (Å²) in [5.41, 5.74) is -0.227. The molecule has 0 spiro atoms. The van der Waals surface area contributed by atoms with Crippen molar-refractivity contribution >= 4 is 10.2 Å². The molecule has 0 unspecified atom stereocenters. The lowest BCUT2D eigenvalue weighted by molar-refractivity contribution is 0.211. The standard InChI is InChI=1S/C13H28N2O3S/c1-13(2,9-10-16)11-14-19(17,18)15(3)12-7-5-4-6-8-12/h12,14,16H,4-11H2,1-3H3. The van der Waals surface area contributed by atoms with E-state index in [2.05, 4.69) is 4.72 Å². The fraction of sp³-hybridized carbons (Fsp3) is 1.00. The minimum absolute atomic E-state index is 0.0766. The van der Waals surface area contributed by atoms with E-state index in [4.69, 9.17) is 5.11 Å². The van der Waals surface area contributed by atoms with Crippen molar-refractivity contribution in [1.82, 2.24) is 9.03 Å². The largest absolute Gasteiger partial charge is 0.396 e. The highest BCUT2D eigenvalue weighted by atomic mass is 32.2. The first-order valence-electron chi connectivity index (χ1n) is 7.12. The number of hydrogen-bond donors (Lipinski definition) is 2. The molecule has 1 fully saturated rings. The van der Waals surface area contributed by atoms with Crippen molar-refractivity contribution in [3.05, 3.63) is 0 Å². The molecule has 0 aromatic carbocycles. The maximum Gasteiger partial charge on any atom is 0.279 e. The SMILES string of the molecule is CN(C1CCCCC1)S(=O)(=O)NCC(C)(C)CCO. The van der Waals surface area contributed by atoms with Gasteiger partial charge in [0.25, 0.3) is 10.2 Å². The van der Waals surface area contributed by atoms with E-state index in [0.29, 0.717) is 13.0 Å². The van der Waals surface area contributed by atoms with E-state index in [1.165, 1.54) is 10.7 Å². The quantitative estimate of drug-likeness (QED) is 0.747. The van der Waals surface area contributed by atoms with Crippen LogP contribution in [0.25, 0.3) is 0 Å². The number of rotatable bonds is 7. The first kappa shape index (κ1) is 16.9. The summed E-state index contributed by atoms with van der Waals surface area (Å²) in [5.74, 6) is 0. The average molecular weight is 292 g/mol. The summed E-state index contributed by atoms with van der Waals surface area (Å²) in [6, 6.07) is 0.132. The Morgan fingerprint density at radius 2 is 1.84 bits per heavy atom. The predicted octanol–water partition coefficient (Wildman–Crippen LogP) is 1.49. The van der Waals surface area contributed by atoms with Gasteiger partial charge in [-0.25, -0.2) is 4.72 Å². The molecule has 0 radical (unpaired) electrons. The van der Waals surface area contributed by atoms with Crippen LogP contribution < -0.4 is 4.72 Å². The molecule has 1 aliphatic carbocycles. The normalized spacial score (nSPS) is 19.0. The summed E-state index contributed by atoms with van der Waals surface area (Å²) >= 11 is 0. The molecular weight excluding hydrogens is 264 g/mol. The third-order valence-electron chi connectivity index (χ3n) is 3.99. The number of nitrogens with one attached hydrogen (secondary N) is 1. The molecule has 0 aliphatic heterocycles. The minimum Gasteiger partial charge on any atom is -0.396 e. The Bertz CT molecular complexity index is 362. The number of hydrogen-bond acceptors (Lipinski definition) is 3. The monoisotopic (exact) mass is 292 g/mol. The van der Waals surface area contributed by atoms with Gasteiger partial charge in [0, 0.05) is 26.2 Å². The van der Waals surface area contributed by atoms with Crippen molar-refractivity contribution in [3.8, 4) is 0 Å². The maximum absolute atomic E-state index is 12.2. The second-order valence-corrected chi connectivity index (χ2v) is 8.09. The zero-order chi connectivity index (χ0) is 14.5. The smallest absolute Gasteiger partial charge is 0.279 e. The molecule has 5 nitrogen and oxygen atoms in total. The van der Waals surface area contributed by atoms with E-state index >= 15 is 0 Å². The van der Waals surface area contributed by atoms with Crippen LogP contribution in [0.2, 0.25) is 0 Å². The molecule has 0 aromatic rings. The van der Waals surface area contributed by atoms with E-state index in [1.54, 1.807) is 7.05 Å².